The number of amides is 2. The van der Waals surface area contributed by atoms with Gasteiger partial charge in [-0.3, -0.25) is 0 Å². The van der Waals surface area contributed by atoms with Gasteiger partial charge >= 0.3 is 6.03 Å². The van der Waals surface area contributed by atoms with Gasteiger partial charge in [0.25, 0.3) is 0 Å². The fourth-order valence-electron chi connectivity index (χ4n) is 1.87. The minimum atomic E-state index is -0.415. The number of nitrogens with one attached hydrogen (secondary N) is 2. The van der Waals surface area contributed by atoms with Crippen molar-refractivity contribution in [1.29, 1.82) is 5.26 Å². The summed E-state index contributed by atoms with van der Waals surface area (Å²) < 4.78 is 10.3. The molecule has 0 spiro atoms. The highest BCUT2D eigenvalue weighted by Crippen LogP contribution is 2.29. The highest BCUT2D eigenvalue weighted by atomic mass is 16.5. The molecule has 2 aromatic rings. The zero-order valence-corrected chi connectivity index (χ0v) is 12.2. The van der Waals surface area contributed by atoms with Crippen LogP contribution in [0.4, 0.5) is 16.2 Å². The molecule has 2 amide bonds. The summed E-state index contributed by atoms with van der Waals surface area (Å²) in [5.41, 5.74) is 1.58. The molecule has 112 valence electrons. The summed E-state index contributed by atoms with van der Waals surface area (Å²) in [6.45, 7) is 0. The molecule has 0 aliphatic carbocycles. The van der Waals surface area contributed by atoms with Crippen LogP contribution in [0.3, 0.4) is 0 Å². The van der Waals surface area contributed by atoms with Crippen molar-refractivity contribution in [3.8, 4) is 17.6 Å². The van der Waals surface area contributed by atoms with Gasteiger partial charge in [0.2, 0.25) is 0 Å². The lowest BCUT2D eigenvalue weighted by Crippen LogP contribution is -2.19. The van der Waals surface area contributed by atoms with Crippen molar-refractivity contribution in [3.63, 3.8) is 0 Å². The lowest BCUT2D eigenvalue weighted by Gasteiger charge is -2.11. The van der Waals surface area contributed by atoms with Gasteiger partial charge in [-0.25, -0.2) is 4.79 Å². The standard InChI is InChI=1S/C16H15N3O3/c1-21-14-7-6-13(9-15(14)22-2)19-16(20)18-12-5-3-4-11(8-12)10-17/h3-9H,1-2H3,(H2,18,19,20). The van der Waals surface area contributed by atoms with E-state index in [1.807, 2.05) is 6.07 Å². The molecular weight excluding hydrogens is 282 g/mol. The Morgan fingerprint density at radius 2 is 1.68 bits per heavy atom. The molecule has 0 saturated carbocycles. The van der Waals surface area contributed by atoms with Crippen LogP contribution in [0.15, 0.2) is 42.5 Å². The van der Waals surface area contributed by atoms with E-state index >= 15 is 0 Å². The fraction of sp³-hybridized carbons (Fsp3) is 0.125. The molecule has 0 aliphatic heterocycles. The van der Waals surface area contributed by atoms with Gasteiger partial charge in [0, 0.05) is 17.4 Å². The summed E-state index contributed by atoms with van der Waals surface area (Å²) in [5.74, 6) is 1.10. The third-order valence-corrected chi connectivity index (χ3v) is 2.89. The molecule has 0 aliphatic rings. The second-order valence-corrected chi connectivity index (χ2v) is 4.34. The molecule has 0 atom stereocenters. The number of anilines is 2. The molecule has 22 heavy (non-hydrogen) atoms. The Hall–Kier alpha value is -3.20. The summed E-state index contributed by atoms with van der Waals surface area (Å²) in [6.07, 6.45) is 0. The van der Waals surface area contributed by atoms with Gasteiger partial charge < -0.3 is 20.1 Å². The first-order chi connectivity index (χ1) is 10.7. The molecule has 0 unspecified atom stereocenters. The first-order valence-electron chi connectivity index (χ1n) is 6.46. The Labute approximate surface area is 128 Å². The van der Waals surface area contributed by atoms with Gasteiger partial charge in [0.05, 0.1) is 25.9 Å². The van der Waals surface area contributed by atoms with Gasteiger partial charge in [0.15, 0.2) is 11.5 Å². The number of carbonyl (C=O) groups excluding carboxylic acids is 1. The highest BCUT2D eigenvalue weighted by molar-refractivity contribution is 6.00. The fourth-order valence-corrected chi connectivity index (χ4v) is 1.87. The quantitative estimate of drug-likeness (QED) is 0.907. The molecule has 2 N–H and O–H groups in total. The van der Waals surface area contributed by atoms with Crippen LogP contribution in [0.2, 0.25) is 0 Å². The van der Waals surface area contributed by atoms with Crippen LogP contribution in [0, 0.1) is 11.3 Å². The predicted molar refractivity (Wildman–Crippen MR) is 83.3 cm³/mol. The predicted octanol–water partition coefficient (Wildman–Crippen LogP) is 3.22. The zero-order chi connectivity index (χ0) is 15.9. The molecule has 0 bridgehead atoms. The number of nitrogens with zero attached hydrogens (tertiary/aromatic N) is 1. The number of nitriles is 1. The van der Waals surface area contributed by atoms with E-state index in [0.29, 0.717) is 28.4 Å². The molecule has 0 aromatic heterocycles. The van der Waals surface area contributed by atoms with Crippen LogP contribution in [-0.2, 0) is 0 Å². The molecule has 6 nitrogen and oxygen atoms in total. The van der Waals surface area contributed by atoms with E-state index in [-0.39, 0.29) is 0 Å². The monoisotopic (exact) mass is 297 g/mol. The topological polar surface area (TPSA) is 83.4 Å². The lowest BCUT2D eigenvalue weighted by molar-refractivity contribution is 0.262. The molecule has 0 heterocycles. The normalized spacial score (nSPS) is 9.50. The smallest absolute Gasteiger partial charge is 0.323 e. The van der Waals surface area contributed by atoms with E-state index in [9.17, 15) is 4.79 Å². The van der Waals surface area contributed by atoms with Gasteiger partial charge in [-0.1, -0.05) is 6.07 Å². The van der Waals surface area contributed by atoms with Crippen LogP contribution in [-0.4, -0.2) is 20.3 Å². The van der Waals surface area contributed by atoms with Crippen molar-refractivity contribution in [2.45, 2.75) is 0 Å². The Kier molecular flexibility index (Phi) is 4.83. The Morgan fingerprint density at radius 1 is 1.00 bits per heavy atom. The Bertz CT molecular complexity index is 723. The van der Waals surface area contributed by atoms with Crippen molar-refractivity contribution in [3.05, 3.63) is 48.0 Å². The maximum absolute atomic E-state index is 12.0. The van der Waals surface area contributed by atoms with Gasteiger partial charge in [-0.05, 0) is 30.3 Å². The summed E-state index contributed by atoms with van der Waals surface area (Å²) >= 11 is 0. The number of hydrogen-bond donors (Lipinski definition) is 2. The van der Waals surface area contributed by atoms with Gasteiger partial charge in [-0.2, -0.15) is 5.26 Å². The van der Waals surface area contributed by atoms with Crippen molar-refractivity contribution in [2.75, 3.05) is 24.9 Å². The van der Waals surface area contributed by atoms with Crippen LogP contribution >= 0.6 is 0 Å². The van der Waals surface area contributed by atoms with E-state index in [2.05, 4.69) is 10.6 Å². The average Bonchev–Trinajstić information content (AvgIpc) is 2.54. The number of rotatable bonds is 4. The van der Waals surface area contributed by atoms with E-state index in [1.165, 1.54) is 7.11 Å². The number of urea groups is 1. The maximum Gasteiger partial charge on any atom is 0.323 e. The number of carbonyl (C=O) groups is 1. The van der Waals surface area contributed by atoms with Gasteiger partial charge in [0.1, 0.15) is 0 Å². The minimum Gasteiger partial charge on any atom is -0.493 e. The number of methoxy groups -OCH3 is 2. The van der Waals surface area contributed by atoms with Crippen LogP contribution in [0.25, 0.3) is 0 Å². The lowest BCUT2D eigenvalue weighted by atomic mass is 10.2. The second-order valence-electron chi connectivity index (χ2n) is 4.34. The highest BCUT2D eigenvalue weighted by Gasteiger charge is 2.07. The van der Waals surface area contributed by atoms with E-state index < -0.39 is 6.03 Å². The van der Waals surface area contributed by atoms with E-state index in [1.54, 1.807) is 49.6 Å². The number of benzene rings is 2. The Morgan fingerprint density at radius 3 is 2.32 bits per heavy atom. The van der Waals surface area contributed by atoms with E-state index in [4.69, 9.17) is 14.7 Å². The molecule has 2 rings (SSSR count). The third-order valence-electron chi connectivity index (χ3n) is 2.89. The molecule has 0 fully saturated rings. The van der Waals surface area contributed by atoms with Crippen molar-refractivity contribution < 1.29 is 14.3 Å². The molecule has 6 heteroatoms. The molecular formula is C16H15N3O3. The number of ether oxygens (including phenoxy) is 2. The van der Waals surface area contributed by atoms with Crippen LogP contribution in [0.1, 0.15) is 5.56 Å². The minimum absolute atomic E-state index is 0.415. The first kappa shape index (κ1) is 15.2. The largest absolute Gasteiger partial charge is 0.493 e. The molecule has 0 radical (unpaired) electrons. The summed E-state index contributed by atoms with van der Waals surface area (Å²) in [6, 6.07) is 13.3. The molecule has 2 aromatic carbocycles. The maximum atomic E-state index is 12.0. The van der Waals surface area contributed by atoms with Crippen LogP contribution in [0.5, 0.6) is 11.5 Å². The Balaban J connectivity index is 2.07. The summed E-state index contributed by atoms with van der Waals surface area (Å²) in [4.78, 5) is 12.0. The average molecular weight is 297 g/mol. The van der Waals surface area contributed by atoms with Crippen molar-refractivity contribution in [2.24, 2.45) is 0 Å². The van der Waals surface area contributed by atoms with Crippen LogP contribution < -0.4 is 20.1 Å². The van der Waals surface area contributed by atoms with E-state index in [0.717, 1.165) is 0 Å². The van der Waals surface area contributed by atoms with Crippen molar-refractivity contribution >= 4 is 17.4 Å². The summed E-state index contributed by atoms with van der Waals surface area (Å²) in [5, 5.41) is 14.2. The first-order valence-corrected chi connectivity index (χ1v) is 6.46. The SMILES string of the molecule is COc1ccc(NC(=O)Nc2cccc(C#N)c2)cc1OC. The van der Waals surface area contributed by atoms with Crippen molar-refractivity contribution in [1.82, 2.24) is 0 Å². The summed E-state index contributed by atoms with van der Waals surface area (Å²) in [7, 11) is 3.06. The third kappa shape index (κ3) is 3.67. The second kappa shape index (κ2) is 6.99. The van der Waals surface area contributed by atoms with Gasteiger partial charge in [-0.15, -0.1) is 0 Å². The number of hydrogen-bond acceptors (Lipinski definition) is 4. The zero-order valence-electron chi connectivity index (χ0n) is 12.2. The molecule has 0 saturated heterocycles.